The SMILES string of the molecule is C=C1C=C(c2ccc(C)cc2)Cc2cc(N(C)C)ccc21. The number of hydrogen-bond donors (Lipinski definition) is 0. The maximum atomic E-state index is 4.23. The third-order valence-corrected chi connectivity index (χ3v) is 4.10. The molecule has 0 saturated heterocycles. The lowest BCUT2D eigenvalue weighted by molar-refractivity contribution is 1.12. The summed E-state index contributed by atoms with van der Waals surface area (Å²) < 4.78 is 0. The number of benzene rings is 2. The largest absolute Gasteiger partial charge is 0.378 e. The van der Waals surface area contributed by atoms with Gasteiger partial charge in [-0.1, -0.05) is 48.6 Å². The van der Waals surface area contributed by atoms with Crippen LogP contribution in [0.5, 0.6) is 0 Å². The van der Waals surface area contributed by atoms with Crippen molar-refractivity contribution in [2.45, 2.75) is 13.3 Å². The Hall–Kier alpha value is -2.28. The third kappa shape index (κ3) is 2.64. The maximum Gasteiger partial charge on any atom is 0.0364 e. The Bertz CT molecular complexity index is 718. The minimum atomic E-state index is 0.971. The summed E-state index contributed by atoms with van der Waals surface area (Å²) in [4.78, 5) is 2.15. The van der Waals surface area contributed by atoms with Gasteiger partial charge in [-0.3, -0.25) is 0 Å². The smallest absolute Gasteiger partial charge is 0.0364 e. The van der Waals surface area contributed by atoms with Gasteiger partial charge in [0, 0.05) is 19.8 Å². The molecular weight excluding hydrogens is 254 g/mol. The monoisotopic (exact) mass is 275 g/mol. The van der Waals surface area contributed by atoms with Gasteiger partial charge in [-0.2, -0.15) is 0 Å². The molecule has 21 heavy (non-hydrogen) atoms. The molecule has 0 fully saturated rings. The van der Waals surface area contributed by atoms with Crippen LogP contribution in [-0.4, -0.2) is 14.1 Å². The van der Waals surface area contributed by atoms with Gasteiger partial charge >= 0.3 is 0 Å². The second-order valence-corrected chi connectivity index (χ2v) is 5.97. The quantitative estimate of drug-likeness (QED) is 0.767. The number of rotatable bonds is 2. The van der Waals surface area contributed by atoms with E-state index in [0.717, 1.165) is 12.0 Å². The Kier molecular flexibility index (Phi) is 3.42. The summed E-state index contributed by atoms with van der Waals surface area (Å²) in [5, 5.41) is 0. The number of aryl methyl sites for hydroxylation is 1. The minimum absolute atomic E-state index is 0.971. The normalized spacial score (nSPS) is 13.7. The zero-order valence-corrected chi connectivity index (χ0v) is 13.0. The molecule has 0 saturated carbocycles. The van der Waals surface area contributed by atoms with Crippen molar-refractivity contribution in [1.82, 2.24) is 0 Å². The van der Waals surface area contributed by atoms with E-state index in [-0.39, 0.29) is 0 Å². The fraction of sp³-hybridized carbons (Fsp3) is 0.200. The zero-order valence-electron chi connectivity index (χ0n) is 13.0. The van der Waals surface area contributed by atoms with Crippen molar-refractivity contribution in [3.05, 3.63) is 77.4 Å². The van der Waals surface area contributed by atoms with Crippen LogP contribution in [0.3, 0.4) is 0 Å². The van der Waals surface area contributed by atoms with E-state index in [1.54, 1.807) is 0 Å². The second-order valence-electron chi connectivity index (χ2n) is 5.97. The van der Waals surface area contributed by atoms with Crippen LogP contribution < -0.4 is 4.90 Å². The molecule has 1 heteroatoms. The molecule has 0 bridgehead atoms. The van der Waals surface area contributed by atoms with Crippen LogP contribution in [0.15, 0.2) is 55.1 Å². The molecule has 0 atom stereocenters. The molecule has 0 spiro atoms. The predicted molar refractivity (Wildman–Crippen MR) is 92.7 cm³/mol. The molecule has 0 radical (unpaired) electrons. The highest BCUT2D eigenvalue weighted by molar-refractivity contribution is 5.89. The molecule has 1 aliphatic rings. The summed E-state index contributed by atoms with van der Waals surface area (Å²) in [6, 6.07) is 15.4. The van der Waals surface area contributed by atoms with Crippen LogP contribution in [0.25, 0.3) is 11.1 Å². The second kappa shape index (κ2) is 5.25. The Morgan fingerprint density at radius 1 is 1.00 bits per heavy atom. The molecule has 1 nitrogen and oxygen atoms in total. The summed E-state index contributed by atoms with van der Waals surface area (Å²) in [7, 11) is 4.16. The molecule has 0 unspecified atom stereocenters. The molecule has 2 aromatic rings. The van der Waals surface area contributed by atoms with E-state index in [2.05, 4.69) is 81.0 Å². The van der Waals surface area contributed by atoms with Gasteiger partial charge in [0.05, 0.1) is 0 Å². The number of allylic oxidation sites excluding steroid dienone is 3. The molecule has 0 amide bonds. The van der Waals surface area contributed by atoms with E-state index in [4.69, 9.17) is 0 Å². The lowest BCUT2D eigenvalue weighted by atomic mass is 9.85. The van der Waals surface area contributed by atoms with E-state index in [0.29, 0.717) is 0 Å². The van der Waals surface area contributed by atoms with E-state index >= 15 is 0 Å². The van der Waals surface area contributed by atoms with Crippen LogP contribution in [-0.2, 0) is 6.42 Å². The topological polar surface area (TPSA) is 3.24 Å². The highest BCUT2D eigenvalue weighted by Gasteiger charge is 2.15. The summed E-state index contributed by atoms with van der Waals surface area (Å²) in [6.45, 7) is 6.35. The molecule has 0 N–H and O–H groups in total. The van der Waals surface area contributed by atoms with Gasteiger partial charge in [0.15, 0.2) is 0 Å². The Labute approximate surface area is 127 Å². The fourth-order valence-corrected chi connectivity index (χ4v) is 2.82. The van der Waals surface area contributed by atoms with E-state index in [1.807, 2.05) is 0 Å². The van der Waals surface area contributed by atoms with E-state index in [1.165, 1.54) is 33.5 Å². The highest BCUT2D eigenvalue weighted by Crippen LogP contribution is 2.34. The number of fused-ring (bicyclic) bond motifs is 1. The van der Waals surface area contributed by atoms with Crippen LogP contribution in [0.2, 0.25) is 0 Å². The van der Waals surface area contributed by atoms with Gasteiger partial charge in [-0.25, -0.2) is 0 Å². The highest BCUT2D eigenvalue weighted by atomic mass is 15.1. The Morgan fingerprint density at radius 2 is 1.71 bits per heavy atom. The van der Waals surface area contributed by atoms with Gasteiger partial charge in [0.2, 0.25) is 0 Å². The van der Waals surface area contributed by atoms with Crippen LogP contribution >= 0.6 is 0 Å². The van der Waals surface area contributed by atoms with Crippen molar-refractivity contribution in [2.75, 3.05) is 19.0 Å². The summed E-state index contributed by atoms with van der Waals surface area (Å²) in [5.74, 6) is 0. The van der Waals surface area contributed by atoms with Gasteiger partial charge in [0.25, 0.3) is 0 Å². The Morgan fingerprint density at radius 3 is 2.38 bits per heavy atom. The first-order chi connectivity index (χ1) is 10.0. The van der Waals surface area contributed by atoms with Crippen LogP contribution in [0.4, 0.5) is 5.69 Å². The first kappa shape index (κ1) is 13.7. The van der Waals surface area contributed by atoms with Crippen molar-refractivity contribution in [2.24, 2.45) is 0 Å². The maximum absolute atomic E-state index is 4.23. The summed E-state index contributed by atoms with van der Waals surface area (Å²) >= 11 is 0. The lowest BCUT2D eigenvalue weighted by Crippen LogP contribution is -2.10. The van der Waals surface area contributed by atoms with Crippen molar-refractivity contribution in [3.63, 3.8) is 0 Å². The molecule has 0 aliphatic heterocycles. The number of hydrogen-bond acceptors (Lipinski definition) is 1. The van der Waals surface area contributed by atoms with E-state index < -0.39 is 0 Å². The molecule has 0 aromatic heterocycles. The minimum Gasteiger partial charge on any atom is -0.378 e. The first-order valence-electron chi connectivity index (χ1n) is 7.32. The van der Waals surface area contributed by atoms with Crippen LogP contribution in [0, 0.1) is 6.92 Å². The van der Waals surface area contributed by atoms with Gasteiger partial charge in [0.1, 0.15) is 0 Å². The fourth-order valence-electron chi connectivity index (χ4n) is 2.82. The van der Waals surface area contributed by atoms with Crippen molar-refractivity contribution >= 4 is 16.8 Å². The van der Waals surface area contributed by atoms with Crippen molar-refractivity contribution in [3.8, 4) is 0 Å². The summed E-state index contributed by atoms with van der Waals surface area (Å²) in [5.41, 5.74) is 8.93. The summed E-state index contributed by atoms with van der Waals surface area (Å²) in [6.07, 6.45) is 3.20. The van der Waals surface area contributed by atoms with E-state index in [9.17, 15) is 0 Å². The predicted octanol–water partition coefficient (Wildman–Crippen LogP) is 4.71. The third-order valence-electron chi connectivity index (χ3n) is 4.10. The molecular formula is C20H21N. The molecule has 106 valence electrons. The van der Waals surface area contributed by atoms with Gasteiger partial charge in [-0.15, -0.1) is 0 Å². The van der Waals surface area contributed by atoms with Crippen LogP contribution in [0.1, 0.15) is 22.3 Å². The van der Waals surface area contributed by atoms with Gasteiger partial charge < -0.3 is 4.90 Å². The number of anilines is 1. The first-order valence-corrected chi connectivity index (χ1v) is 7.32. The van der Waals surface area contributed by atoms with Gasteiger partial charge in [-0.05, 0) is 53.3 Å². The standard InChI is InChI=1S/C20H21N/c1-14-5-7-16(8-6-14)17-11-15(2)20-10-9-19(21(3)4)13-18(20)12-17/h5-11,13H,2,12H2,1,3-4H3. The average molecular weight is 275 g/mol. The average Bonchev–Trinajstić information content (AvgIpc) is 2.47. The molecule has 1 aliphatic carbocycles. The van der Waals surface area contributed by atoms with Crippen molar-refractivity contribution < 1.29 is 0 Å². The molecule has 3 rings (SSSR count). The molecule has 2 aromatic carbocycles. The zero-order chi connectivity index (χ0) is 15.0. The van der Waals surface area contributed by atoms with Crippen molar-refractivity contribution in [1.29, 1.82) is 0 Å². The molecule has 0 heterocycles. The number of nitrogens with zero attached hydrogens (tertiary/aromatic N) is 1. The lowest BCUT2D eigenvalue weighted by Gasteiger charge is -2.22. The Balaban J connectivity index is 2.00.